The van der Waals surface area contributed by atoms with E-state index in [-0.39, 0.29) is 18.1 Å². The zero-order valence-corrected chi connectivity index (χ0v) is 18.2. The Balaban J connectivity index is 2.06. The fourth-order valence-corrected chi connectivity index (χ4v) is 2.96. The van der Waals surface area contributed by atoms with Crippen LogP contribution < -0.4 is 10.6 Å². The van der Waals surface area contributed by atoms with Crippen molar-refractivity contribution in [3.63, 3.8) is 0 Å². The van der Waals surface area contributed by atoms with Gasteiger partial charge in [0.1, 0.15) is 35.6 Å². The molecule has 1 heterocycles. The molecule has 8 nitrogen and oxygen atoms in total. The number of nitrogens with two attached hydrogens (primary N) is 1. The number of hydrogen-bond donors (Lipinski definition) is 1. The molecule has 0 saturated heterocycles. The summed E-state index contributed by atoms with van der Waals surface area (Å²) in [7, 11) is 3.35. The van der Waals surface area contributed by atoms with Crippen molar-refractivity contribution in [2.45, 2.75) is 6.61 Å². The number of hydrogen-bond acceptors (Lipinski definition) is 4. The molecule has 2 aromatic carbocycles. The largest absolute Gasteiger partial charge is 0.443 e. The highest BCUT2D eigenvalue weighted by Crippen LogP contribution is 2.32. The second-order valence-electron chi connectivity index (χ2n) is 7.19. The molecule has 0 saturated carbocycles. The van der Waals surface area contributed by atoms with Crippen LogP contribution in [0.3, 0.4) is 0 Å². The van der Waals surface area contributed by atoms with Gasteiger partial charge in [0.25, 0.3) is 0 Å². The normalized spacial score (nSPS) is 10.9. The number of halogens is 3. The maximum Gasteiger partial charge on any atom is 0.435 e. The van der Waals surface area contributed by atoms with Gasteiger partial charge in [-0.25, -0.2) is 32.6 Å². The minimum Gasteiger partial charge on any atom is -0.443 e. The predicted octanol–water partition coefficient (Wildman–Crippen LogP) is 4.61. The van der Waals surface area contributed by atoms with Crippen molar-refractivity contribution in [3.8, 4) is 11.3 Å². The fraction of sp³-hybridized carbons (Fsp3) is 0.130. The Morgan fingerprint density at radius 1 is 1.03 bits per heavy atom. The maximum absolute atomic E-state index is 14.4. The molecule has 0 aliphatic carbocycles. The Hall–Kier alpha value is -4.41. The number of urea groups is 1. The van der Waals surface area contributed by atoms with Crippen molar-refractivity contribution in [3.05, 3.63) is 77.6 Å². The first kappa shape index (κ1) is 24.2. The van der Waals surface area contributed by atoms with Gasteiger partial charge in [-0.2, -0.15) is 4.99 Å². The minimum absolute atomic E-state index is 0.171. The highest BCUT2D eigenvalue weighted by Gasteiger charge is 2.25. The molecule has 1 aromatic heterocycles. The molecule has 2 N–H and O–H groups in total. The van der Waals surface area contributed by atoms with E-state index in [0.717, 1.165) is 18.2 Å². The standard InChI is InChI=1S/C23H20F3N5O3/c1-30(2)13-28-23(33)34-12-15-8-11-19(29-20(15)14-6-9-16(24)10-7-14)31(22(27)32)21-17(25)4-3-5-18(21)26/h3-11,13H,12H2,1-2H3,(H2,27,32)/b28-13+. The van der Waals surface area contributed by atoms with Gasteiger partial charge in [0.2, 0.25) is 0 Å². The van der Waals surface area contributed by atoms with E-state index in [9.17, 15) is 22.8 Å². The average molecular weight is 471 g/mol. The highest BCUT2D eigenvalue weighted by molar-refractivity contribution is 5.98. The summed E-state index contributed by atoms with van der Waals surface area (Å²) in [4.78, 5) is 34.1. The van der Waals surface area contributed by atoms with Crippen molar-refractivity contribution >= 4 is 30.0 Å². The lowest BCUT2D eigenvalue weighted by Crippen LogP contribution is -2.33. The number of primary amides is 1. The molecule has 11 heteroatoms. The predicted molar refractivity (Wildman–Crippen MR) is 120 cm³/mol. The van der Waals surface area contributed by atoms with Gasteiger partial charge in [-0.3, -0.25) is 0 Å². The molecule has 176 valence electrons. The second-order valence-corrected chi connectivity index (χ2v) is 7.19. The van der Waals surface area contributed by atoms with Crippen molar-refractivity contribution in [1.29, 1.82) is 0 Å². The summed E-state index contributed by atoms with van der Waals surface area (Å²) in [6, 6.07) is 9.82. The summed E-state index contributed by atoms with van der Waals surface area (Å²) in [6.45, 7) is -0.270. The van der Waals surface area contributed by atoms with E-state index in [2.05, 4.69) is 9.98 Å². The van der Waals surface area contributed by atoms with Gasteiger partial charge in [0.05, 0.1) is 12.0 Å². The molecule has 3 aromatic rings. The maximum atomic E-state index is 14.4. The molecule has 0 atom stereocenters. The van der Waals surface area contributed by atoms with Crippen molar-refractivity contribution in [2.24, 2.45) is 10.7 Å². The van der Waals surface area contributed by atoms with Crippen LogP contribution >= 0.6 is 0 Å². The molecular formula is C23H20F3N5O3. The SMILES string of the molecule is CN(C)/C=N/C(=O)OCc1ccc(N(C(N)=O)c2c(F)cccc2F)nc1-c1ccc(F)cc1. The van der Waals surface area contributed by atoms with Crippen LogP contribution in [0.5, 0.6) is 0 Å². The van der Waals surface area contributed by atoms with Gasteiger partial charge in [0, 0.05) is 25.2 Å². The molecule has 0 unspecified atom stereocenters. The number of nitrogens with zero attached hydrogens (tertiary/aromatic N) is 4. The van der Waals surface area contributed by atoms with Crippen molar-refractivity contribution in [2.75, 3.05) is 19.0 Å². The van der Waals surface area contributed by atoms with Crippen LogP contribution in [0.15, 0.2) is 59.6 Å². The molecule has 0 aliphatic heterocycles. The summed E-state index contributed by atoms with van der Waals surface area (Å²) >= 11 is 0. The lowest BCUT2D eigenvalue weighted by molar-refractivity contribution is 0.151. The van der Waals surface area contributed by atoms with Gasteiger partial charge < -0.3 is 15.4 Å². The first-order chi connectivity index (χ1) is 16.2. The number of aromatic nitrogens is 1. The average Bonchev–Trinajstić information content (AvgIpc) is 2.79. The van der Waals surface area contributed by atoms with E-state index < -0.39 is 35.3 Å². The summed E-state index contributed by atoms with van der Waals surface area (Å²) in [6.07, 6.45) is 0.396. The summed E-state index contributed by atoms with van der Waals surface area (Å²) < 4.78 is 47.4. The van der Waals surface area contributed by atoms with E-state index in [0.29, 0.717) is 16.0 Å². The number of para-hydroxylation sites is 1. The number of carbonyl (C=O) groups excluding carboxylic acids is 2. The van der Waals surface area contributed by atoms with Gasteiger partial charge in [-0.05, 0) is 48.5 Å². The van der Waals surface area contributed by atoms with Crippen LogP contribution in [0.25, 0.3) is 11.3 Å². The second kappa shape index (κ2) is 10.5. The van der Waals surface area contributed by atoms with E-state index in [1.165, 1.54) is 42.7 Å². The number of ether oxygens (including phenoxy) is 1. The summed E-state index contributed by atoms with van der Waals surface area (Å²) in [5.41, 5.74) is 5.64. The zero-order chi connectivity index (χ0) is 24.8. The topological polar surface area (TPSA) is 101 Å². The Kier molecular flexibility index (Phi) is 7.46. The van der Waals surface area contributed by atoms with Gasteiger partial charge in [-0.15, -0.1) is 0 Å². The summed E-state index contributed by atoms with van der Waals surface area (Å²) in [5.74, 6) is -2.75. The Labute approximate surface area is 193 Å². The third kappa shape index (κ3) is 5.68. The fourth-order valence-electron chi connectivity index (χ4n) is 2.96. The van der Waals surface area contributed by atoms with E-state index in [4.69, 9.17) is 10.5 Å². The van der Waals surface area contributed by atoms with E-state index in [1.807, 2.05) is 0 Å². The molecule has 0 spiro atoms. The minimum atomic E-state index is -1.18. The Morgan fingerprint density at radius 3 is 2.26 bits per heavy atom. The van der Waals surface area contributed by atoms with Gasteiger partial charge in [0.15, 0.2) is 0 Å². The number of pyridine rings is 1. The molecule has 0 aliphatic rings. The molecule has 34 heavy (non-hydrogen) atoms. The lowest BCUT2D eigenvalue weighted by atomic mass is 10.1. The highest BCUT2D eigenvalue weighted by atomic mass is 19.1. The zero-order valence-electron chi connectivity index (χ0n) is 18.2. The number of benzene rings is 2. The monoisotopic (exact) mass is 471 g/mol. The molecule has 0 radical (unpaired) electrons. The third-order valence-corrected chi connectivity index (χ3v) is 4.44. The first-order valence-corrected chi connectivity index (χ1v) is 9.84. The number of aliphatic imine (C=N–C) groups is 1. The van der Waals surface area contributed by atoms with Crippen LogP contribution in [-0.4, -0.2) is 42.4 Å². The number of rotatable bonds is 6. The lowest BCUT2D eigenvalue weighted by Gasteiger charge is -2.22. The van der Waals surface area contributed by atoms with Crippen LogP contribution in [0.4, 0.5) is 34.3 Å². The molecule has 3 amide bonds. The molecule has 3 rings (SSSR count). The first-order valence-electron chi connectivity index (χ1n) is 9.84. The van der Waals surface area contributed by atoms with Crippen LogP contribution in [0, 0.1) is 17.5 Å². The van der Waals surface area contributed by atoms with Crippen molar-refractivity contribution in [1.82, 2.24) is 9.88 Å². The Morgan fingerprint density at radius 2 is 1.68 bits per heavy atom. The number of anilines is 2. The van der Waals surface area contributed by atoms with Crippen molar-refractivity contribution < 1.29 is 27.5 Å². The number of amides is 3. The van der Waals surface area contributed by atoms with E-state index in [1.54, 1.807) is 19.0 Å². The van der Waals surface area contributed by atoms with Crippen LogP contribution in [0.1, 0.15) is 5.56 Å². The van der Waals surface area contributed by atoms with Gasteiger partial charge in [-0.1, -0.05) is 6.07 Å². The molecule has 0 fully saturated rings. The number of carbonyl (C=O) groups is 2. The van der Waals surface area contributed by atoms with Crippen LogP contribution in [0.2, 0.25) is 0 Å². The van der Waals surface area contributed by atoms with Gasteiger partial charge >= 0.3 is 12.1 Å². The summed E-state index contributed by atoms with van der Waals surface area (Å²) in [5, 5.41) is 0. The molecular weight excluding hydrogens is 451 g/mol. The van der Waals surface area contributed by atoms with E-state index >= 15 is 0 Å². The molecule has 0 bridgehead atoms. The Bertz CT molecular complexity index is 1210. The smallest absolute Gasteiger partial charge is 0.435 e. The third-order valence-electron chi connectivity index (χ3n) is 4.44. The van der Waals surface area contributed by atoms with Crippen LogP contribution in [-0.2, 0) is 11.3 Å². The quantitative estimate of drug-likeness (QED) is 0.418.